The summed E-state index contributed by atoms with van der Waals surface area (Å²) in [5.41, 5.74) is 0. The highest BCUT2D eigenvalue weighted by atomic mass is 16.7. The predicted molar refractivity (Wildman–Crippen MR) is 69.7 cm³/mol. The number of rotatable bonds is 4. The SMILES string of the molecule is O=C(O)[C@H]1O[C@H](O[C@H]2[C@@H](O)[C@H](O)C(O)O[C@H]2C(=O)O)[C@H](O)[C@@H](O)[C@H]1O. The van der Waals surface area contributed by atoms with E-state index in [4.69, 9.17) is 19.7 Å². The second-order valence-electron chi connectivity index (χ2n) is 5.60. The number of aliphatic hydroxyl groups is 6. The zero-order valence-electron chi connectivity index (χ0n) is 12.4. The summed E-state index contributed by atoms with van der Waals surface area (Å²) in [6.45, 7) is 0. The van der Waals surface area contributed by atoms with Crippen LogP contribution in [0.15, 0.2) is 0 Å². The second kappa shape index (κ2) is 7.45. The molecule has 0 aromatic heterocycles. The van der Waals surface area contributed by atoms with Crippen molar-refractivity contribution in [1.29, 1.82) is 0 Å². The van der Waals surface area contributed by atoms with Gasteiger partial charge >= 0.3 is 11.9 Å². The first-order valence-corrected chi connectivity index (χ1v) is 7.06. The summed E-state index contributed by atoms with van der Waals surface area (Å²) in [4.78, 5) is 22.2. The summed E-state index contributed by atoms with van der Waals surface area (Å²) in [5, 5.41) is 75.9. The standard InChI is InChI=1S/C12H18O13/c13-1-2(14)7(9(18)19)25-12(5(1)17)24-6-3(15)4(16)11(22)23-8(6)10(20)21/h1-8,11-17,22H,(H,18,19)(H,20,21)/t1-,2+,3-,4-,5+,6-,7-,8+,11?,12-/m0/s1. The molecule has 0 aromatic rings. The first kappa shape index (κ1) is 19.9. The van der Waals surface area contributed by atoms with Gasteiger partial charge in [0.05, 0.1) is 0 Å². The van der Waals surface area contributed by atoms with Gasteiger partial charge in [-0.25, -0.2) is 9.59 Å². The van der Waals surface area contributed by atoms with Gasteiger partial charge in [-0.1, -0.05) is 0 Å². The molecule has 2 saturated heterocycles. The molecule has 2 rings (SSSR count). The maximum Gasteiger partial charge on any atom is 0.335 e. The minimum Gasteiger partial charge on any atom is -0.479 e. The van der Waals surface area contributed by atoms with E-state index in [0.717, 1.165) is 0 Å². The van der Waals surface area contributed by atoms with Crippen molar-refractivity contribution in [2.75, 3.05) is 0 Å². The van der Waals surface area contributed by atoms with E-state index >= 15 is 0 Å². The van der Waals surface area contributed by atoms with Crippen LogP contribution in [0.2, 0.25) is 0 Å². The molecule has 13 nitrogen and oxygen atoms in total. The molecule has 2 aliphatic rings. The van der Waals surface area contributed by atoms with Gasteiger partial charge in [0.2, 0.25) is 0 Å². The Morgan fingerprint density at radius 3 is 1.76 bits per heavy atom. The highest BCUT2D eigenvalue weighted by Gasteiger charge is 2.53. The average molecular weight is 370 g/mol. The van der Waals surface area contributed by atoms with E-state index in [0.29, 0.717) is 0 Å². The number of hydrogen-bond donors (Lipinski definition) is 8. The average Bonchev–Trinajstić information content (AvgIpc) is 2.54. The molecule has 13 heteroatoms. The van der Waals surface area contributed by atoms with E-state index in [2.05, 4.69) is 4.74 Å². The number of aliphatic carboxylic acids is 2. The Bertz CT molecular complexity index is 511. The molecule has 144 valence electrons. The van der Waals surface area contributed by atoms with Crippen LogP contribution in [-0.2, 0) is 23.8 Å². The lowest BCUT2D eigenvalue weighted by molar-refractivity contribution is -0.346. The monoisotopic (exact) mass is 370 g/mol. The van der Waals surface area contributed by atoms with Crippen molar-refractivity contribution in [2.24, 2.45) is 0 Å². The summed E-state index contributed by atoms with van der Waals surface area (Å²) < 4.78 is 14.4. The highest BCUT2D eigenvalue weighted by Crippen LogP contribution is 2.28. The van der Waals surface area contributed by atoms with Gasteiger partial charge in [-0.2, -0.15) is 0 Å². The molecule has 0 amide bonds. The van der Waals surface area contributed by atoms with Gasteiger partial charge in [-0.15, -0.1) is 0 Å². The van der Waals surface area contributed by atoms with Crippen molar-refractivity contribution in [3.63, 3.8) is 0 Å². The second-order valence-corrected chi connectivity index (χ2v) is 5.60. The zero-order valence-corrected chi connectivity index (χ0v) is 12.4. The lowest BCUT2D eigenvalue weighted by Crippen LogP contribution is -2.65. The van der Waals surface area contributed by atoms with Gasteiger partial charge in [0.1, 0.15) is 36.6 Å². The first-order chi connectivity index (χ1) is 11.6. The van der Waals surface area contributed by atoms with E-state index < -0.39 is 73.4 Å². The summed E-state index contributed by atoms with van der Waals surface area (Å²) in [6, 6.07) is 0. The first-order valence-electron chi connectivity index (χ1n) is 7.06. The smallest absolute Gasteiger partial charge is 0.335 e. The zero-order chi connectivity index (χ0) is 19.0. The normalized spacial score (nSPS) is 48.1. The van der Waals surface area contributed by atoms with Crippen LogP contribution in [-0.4, -0.2) is 114 Å². The van der Waals surface area contributed by atoms with E-state index in [1.807, 2.05) is 0 Å². The van der Waals surface area contributed by atoms with Crippen molar-refractivity contribution >= 4 is 11.9 Å². The molecule has 0 saturated carbocycles. The van der Waals surface area contributed by atoms with Gasteiger partial charge in [0.25, 0.3) is 0 Å². The highest BCUT2D eigenvalue weighted by molar-refractivity contribution is 5.74. The van der Waals surface area contributed by atoms with Gasteiger partial charge in [0.15, 0.2) is 24.8 Å². The van der Waals surface area contributed by atoms with Gasteiger partial charge < -0.3 is 55.1 Å². The largest absolute Gasteiger partial charge is 0.479 e. The molecule has 10 atom stereocenters. The number of hydrogen-bond acceptors (Lipinski definition) is 11. The predicted octanol–water partition coefficient (Wildman–Crippen LogP) is -5.21. The Hall–Kier alpha value is -1.42. The third-order valence-corrected chi connectivity index (χ3v) is 3.91. The fraction of sp³-hybridized carbons (Fsp3) is 0.833. The molecular formula is C12H18O13. The molecule has 8 N–H and O–H groups in total. The van der Waals surface area contributed by atoms with E-state index in [9.17, 15) is 40.2 Å². The van der Waals surface area contributed by atoms with E-state index in [1.165, 1.54) is 0 Å². The van der Waals surface area contributed by atoms with Crippen LogP contribution in [0.1, 0.15) is 0 Å². The molecule has 0 aromatic carbocycles. The van der Waals surface area contributed by atoms with Crippen LogP contribution in [0, 0.1) is 0 Å². The minimum absolute atomic E-state index is 1.70. The summed E-state index contributed by atoms with van der Waals surface area (Å²) in [6.07, 6.45) is -19.9. The number of aliphatic hydroxyl groups excluding tert-OH is 6. The van der Waals surface area contributed by atoms with Crippen LogP contribution < -0.4 is 0 Å². The fourth-order valence-corrected chi connectivity index (χ4v) is 2.52. The molecule has 25 heavy (non-hydrogen) atoms. The molecule has 0 bridgehead atoms. The lowest BCUT2D eigenvalue weighted by Gasteiger charge is -2.44. The number of ether oxygens (including phenoxy) is 3. The van der Waals surface area contributed by atoms with Crippen LogP contribution in [0.5, 0.6) is 0 Å². The maximum absolute atomic E-state index is 11.2. The lowest BCUT2D eigenvalue weighted by atomic mass is 9.96. The quantitative estimate of drug-likeness (QED) is 0.232. The molecule has 2 aliphatic heterocycles. The number of carboxylic acids is 2. The summed E-state index contributed by atoms with van der Waals surface area (Å²) in [7, 11) is 0. The molecular weight excluding hydrogens is 352 g/mol. The van der Waals surface area contributed by atoms with Crippen molar-refractivity contribution in [2.45, 2.75) is 61.4 Å². The molecule has 2 heterocycles. The third-order valence-electron chi connectivity index (χ3n) is 3.91. The van der Waals surface area contributed by atoms with E-state index in [-0.39, 0.29) is 0 Å². The van der Waals surface area contributed by atoms with Crippen LogP contribution >= 0.6 is 0 Å². The molecule has 0 radical (unpaired) electrons. The molecule has 1 unspecified atom stereocenters. The van der Waals surface area contributed by atoms with Crippen molar-refractivity contribution in [1.82, 2.24) is 0 Å². The number of carboxylic acid groups (broad SMARTS) is 2. The van der Waals surface area contributed by atoms with Crippen molar-refractivity contribution in [3.05, 3.63) is 0 Å². The fourth-order valence-electron chi connectivity index (χ4n) is 2.52. The van der Waals surface area contributed by atoms with Crippen molar-refractivity contribution < 1.29 is 64.7 Å². The van der Waals surface area contributed by atoms with E-state index in [1.54, 1.807) is 0 Å². The van der Waals surface area contributed by atoms with Gasteiger partial charge in [-0.3, -0.25) is 0 Å². The van der Waals surface area contributed by atoms with Crippen molar-refractivity contribution in [3.8, 4) is 0 Å². The Kier molecular flexibility index (Phi) is 5.93. The Labute approximate surface area is 139 Å². The summed E-state index contributed by atoms with van der Waals surface area (Å²) in [5.74, 6) is -3.39. The Balaban J connectivity index is 2.22. The topological polar surface area (TPSA) is 224 Å². The third kappa shape index (κ3) is 3.74. The molecule has 0 spiro atoms. The Morgan fingerprint density at radius 2 is 1.24 bits per heavy atom. The summed E-state index contributed by atoms with van der Waals surface area (Å²) >= 11 is 0. The van der Waals surface area contributed by atoms with Crippen LogP contribution in [0.3, 0.4) is 0 Å². The molecule has 2 fully saturated rings. The minimum atomic E-state index is -2.03. The van der Waals surface area contributed by atoms with Gasteiger partial charge in [0, 0.05) is 0 Å². The maximum atomic E-state index is 11.2. The van der Waals surface area contributed by atoms with Gasteiger partial charge in [-0.05, 0) is 0 Å². The Morgan fingerprint density at radius 1 is 0.680 bits per heavy atom. The van der Waals surface area contributed by atoms with Crippen LogP contribution in [0.4, 0.5) is 0 Å². The molecule has 0 aliphatic carbocycles. The number of carbonyl (C=O) groups is 2. The van der Waals surface area contributed by atoms with Crippen LogP contribution in [0.25, 0.3) is 0 Å².